The Balaban J connectivity index is 1.63. The van der Waals surface area contributed by atoms with Crippen molar-refractivity contribution in [1.29, 1.82) is 0 Å². The second kappa shape index (κ2) is 4.22. The zero-order valence-electron chi connectivity index (χ0n) is 13.2. The van der Waals surface area contributed by atoms with Crippen LogP contribution >= 0.6 is 11.3 Å². The van der Waals surface area contributed by atoms with Crippen molar-refractivity contribution in [2.45, 2.75) is 37.6 Å². The normalized spacial score (nSPS) is 40.8. The smallest absolute Gasteiger partial charge is 0.240 e. The summed E-state index contributed by atoms with van der Waals surface area (Å²) in [7, 11) is 0. The first kappa shape index (κ1) is 14.5. The number of nitrogens with zero attached hydrogens (tertiary/aromatic N) is 2. The zero-order valence-corrected chi connectivity index (χ0v) is 14.0. The molecule has 3 fully saturated rings. The van der Waals surface area contributed by atoms with Crippen LogP contribution in [0, 0.1) is 11.8 Å². The predicted octanol–water partition coefficient (Wildman–Crippen LogP) is 1.71. The maximum atomic E-state index is 13.1. The minimum atomic E-state index is -0.991. The first-order valence-electron chi connectivity index (χ1n) is 7.94. The van der Waals surface area contributed by atoms with Gasteiger partial charge in [0.2, 0.25) is 11.8 Å². The van der Waals surface area contributed by atoms with Gasteiger partial charge in [0.1, 0.15) is 5.60 Å². The van der Waals surface area contributed by atoms with Crippen molar-refractivity contribution in [2.75, 3.05) is 4.90 Å². The molecule has 2 aromatic rings. The highest BCUT2D eigenvalue weighted by Crippen LogP contribution is 2.61. The number of hydrogen-bond donors (Lipinski definition) is 1. The van der Waals surface area contributed by atoms with Gasteiger partial charge in [0.05, 0.1) is 45.0 Å². The second-order valence-electron chi connectivity index (χ2n) is 7.29. The topological polar surface area (TPSA) is 79.7 Å². The third kappa shape index (κ3) is 1.51. The van der Waals surface area contributed by atoms with Crippen LogP contribution in [-0.2, 0) is 14.3 Å². The Morgan fingerprint density at radius 2 is 2.04 bits per heavy atom. The van der Waals surface area contributed by atoms with Gasteiger partial charge in [-0.1, -0.05) is 0 Å². The molecule has 3 saturated heterocycles. The number of carbonyl (C=O) groups excluding carboxylic acids is 2. The molecule has 2 amide bonds. The number of rotatable bonds is 1. The van der Waals surface area contributed by atoms with Crippen LogP contribution in [0.15, 0.2) is 23.7 Å². The third-order valence-electron chi connectivity index (χ3n) is 5.87. The van der Waals surface area contributed by atoms with Crippen molar-refractivity contribution in [3.63, 3.8) is 0 Å². The van der Waals surface area contributed by atoms with Gasteiger partial charge in [0.25, 0.3) is 0 Å². The maximum Gasteiger partial charge on any atom is 0.240 e. The highest BCUT2D eigenvalue weighted by atomic mass is 32.1. The zero-order chi connectivity index (χ0) is 16.9. The number of carbonyl (C=O) groups is 2. The average Bonchev–Trinajstić information content (AvgIpc) is 3.19. The Kier molecular flexibility index (Phi) is 2.55. The standard InChI is InChI=1S/C17H16N2O4S/c1-16-6-11(20)17(2,23-16)13-12(16)14(21)19(15(13)22)8-3-4-9-10(5-8)24-7-18-9/h3-5,7,11-13,20H,6H2,1-2H3/t11-,12+,13-,16+,17-/m0/s1. The van der Waals surface area contributed by atoms with Crippen molar-refractivity contribution in [2.24, 2.45) is 11.8 Å². The molecular formula is C17H16N2O4S. The number of ether oxygens (including phenoxy) is 1. The fourth-order valence-electron chi connectivity index (χ4n) is 4.76. The van der Waals surface area contributed by atoms with Gasteiger partial charge in [0.15, 0.2) is 0 Å². The van der Waals surface area contributed by atoms with Crippen molar-refractivity contribution >= 4 is 39.1 Å². The molecular weight excluding hydrogens is 328 g/mol. The fraction of sp³-hybridized carbons (Fsp3) is 0.471. The molecule has 0 saturated carbocycles. The minimum absolute atomic E-state index is 0.230. The van der Waals surface area contributed by atoms with E-state index in [0.717, 1.165) is 10.2 Å². The number of amides is 2. The van der Waals surface area contributed by atoms with Gasteiger partial charge in [0, 0.05) is 6.42 Å². The first-order chi connectivity index (χ1) is 11.3. The van der Waals surface area contributed by atoms with Crippen LogP contribution in [0.4, 0.5) is 5.69 Å². The summed E-state index contributed by atoms with van der Waals surface area (Å²) < 4.78 is 6.92. The Morgan fingerprint density at radius 1 is 1.29 bits per heavy atom. The van der Waals surface area contributed by atoms with E-state index in [-0.39, 0.29) is 11.8 Å². The third-order valence-corrected chi connectivity index (χ3v) is 6.66. The van der Waals surface area contributed by atoms with Crippen LogP contribution in [0.2, 0.25) is 0 Å². The number of hydrogen-bond acceptors (Lipinski definition) is 6. The summed E-state index contributed by atoms with van der Waals surface area (Å²) >= 11 is 1.47. The van der Waals surface area contributed by atoms with Crippen LogP contribution in [0.1, 0.15) is 20.3 Å². The summed E-state index contributed by atoms with van der Waals surface area (Å²) in [5, 5.41) is 10.4. The number of aliphatic hydroxyl groups excluding tert-OH is 1. The van der Waals surface area contributed by atoms with Crippen LogP contribution in [0.3, 0.4) is 0 Å². The van der Waals surface area contributed by atoms with Crippen LogP contribution < -0.4 is 4.90 Å². The monoisotopic (exact) mass is 344 g/mol. The summed E-state index contributed by atoms with van der Waals surface area (Å²) in [5.41, 5.74) is 1.38. The Labute approximate surface area is 142 Å². The van der Waals surface area contributed by atoms with E-state index in [4.69, 9.17) is 4.74 Å². The predicted molar refractivity (Wildman–Crippen MR) is 87.6 cm³/mol. The quantitative estimate of drug-likeness (QED) is 0.797. The molecule has 1 aromatic heterocycles. The van der Waals surface area contributed by atoms with E-state index in [1.807, 2.05) is 19.1 Å². The van der Waals surface area contributed by atoms with Crippen molar-refractivity contribution in [3.05, 3.63) is 23.7 Å². The highest BCUT2D eigenvalue weighted by molar-refractivity contribution is 7.16. The van der Waals surface area contributed by atoms with Gasteiger partial charge < -0.3 is 9.84 Å². The Morgan fingerprint density at radius 3 is 2.83 bits per heavy atom. The lowest BCUT2D eigenvalue weighted by Crippen LogP contribution is -2.49. The number of benzene rings is 1. The minimum Gasteiger partial charge on any atom is -0.390 e. The van der Waals surface area contributed by atoms with Gasteiger partial charge in [-0.2, -0.15) is 0 Å². The summed E-state index contributed by atoms with van der Waals surface area (Å²) in [6.45, 7) is 3.57. The van der Waals surface area contributed by atoms with Gasteiger partial charge in [-0.3, -0.25) is 9.59 Å². The van der Waals surface area contributed by atoms with Gasteiger partial charge in [-0.15, -0.1) is 11.3 Å². The number of fused-ring (bicyclic) bond motifs is 6. The largest absolute Gasteiger partial charge is 0.390 e. The van der Waals surface area contributed by atoms with Gasteiger partial charge in [-0.25, -0.2) is 9.88 Å². The highest BCUT2D eigenvalue weighted by Gasteiger charge is 2.75. The molecule has 0 spiro atoms. The first-order valence-corrected chi connectivity index (χ1v) is 8.82. The molecule has 24 heavy (non-hydrogen) atoms. The van der Waals surface area contributed by atoms with Crippen LogP contribution in [-0.4, -0.2) is 39.2 Å². The van der Waals surface area contributed by atoms with Crippen molar-refractivity contribution in [1.82, 2.24) is 4.98 Å². The summed E-state index contributed by atoms with van der Waals surface area (Å²) in [6, 6.07) is 5.40. The summed E-state index contributed by atoms with van der Waals surface area (Å²) in [5.74, 6) is -1.67. The number of aromatic nitrogens is 1. The maximum absolute atomic E-state index is 13.1. The second-order valence-corrected chi connectivity index (χ2v) is 8.18. The molecule has 124 valence electrons. The van der Waals surface area contributed by atoms with Gasteiger partial charge >= 0.3 is 0 Å². The SMILES string of the molecule is C[C@]12O[C@](C)(C[C@@H]1O)[C@H]1C(=O)N(c3ccc4ncsc4c3)C(=O)[C@H]12. The van der Waals surface area contributed by atoms with Crippen molar-refractivity contribution < 1.29 is 19.4 Å². The summed E-state index contributed by atoms with van der Waals surface area (Å²) in [6.07, 6.45) is -0.352. The molecule has 6 nitrogen and oxygen atoms in total. The van der Waals surface area contributed by atoms with Crippen molar-refractivity contribution in [3.8, 4) is 0 Å². The molecule has 5 atom stereocenters. The molecule has 0 unspecified atom stereocenters. The lowest BCUT2D eigenvalue weighted by Gasteiger charge is -2.31. The number of thiazole rings is 1. The number of imide groups is 1. The van der Waals surface area contributed by atoms with E-state index in [0.29, 0.717) is 12.1 Å². The lowest BCUT2D eigenvalue weighted by molar-refractivity contribution is -0.132. The van der Waals surface area contributed by atoms with E-state index < -0.39 is 29.1 Å². The molecule has 3 aliphatic rings. The fourth-order valence-corrected chi connectivity index (χ4v) is 5.47. The average molecular weight is 344 g/mol. The van der Waals surface area contributed by atoms with Crippen LogP contribution in [0.5, 0.6) is 0 Å². The number of aliphatic hydroxyl groups is 1. The molecule has 5 rings (SSSR count). The van der Waals surface area contributed by atoms with E-state index in [1.54, 1.807) is 18.5 Å². The Bertz CT molecular complexity index is 911. The molecule has 3 aliphatic heterocycles. The van der Waals surface area contributed by atoms with E-state index in [9.17, 15) is 14.7 Å². The van der Waals surface area contributed by atoms with E-state index in [1.165, 1.54) is 16.2 Å². The number of anilines is 1. The van der Waals surface area contributed by atoms with Gasteiger partial charge in [-0.05, 0) is 32.0 Å². The molecule has 4 heterocycles. The molecule has 1 aromatic carbocycles. The van der Waals surface area contributed by atoms with Crippen LogP contribution in [0.25, 0.3) is 10.2 Å². The molecule has 2 bridgehead atoms. The summed E-state index contributed by atoms with van der Waals surface area (Å²) in [4.78, 5) is 31.6. The van der Waals surface area contributed by atoms with E-state index in [2.05, 4.69) is 4.98 Å². The lowest BCUT2D eigenvalue weighted by atomic mass is 9.67. The molecule has 0 aliphatic carbocycles. The molecule has 7 heteroatoms. The Hall–Kier alpha value is -1.83. The molecule has 0 radical (unpaired) electrons. The van der Waals surface area contributed by atoms with E-state index >= 15 is 0 Å². The molecule has 1 N–H and O–H groups in total.